The smallest absolute Gasteiger partial charge is 0.376 e. The van der Waals surface area contributed by atoms with Crippen molar-refractivity contribution in [2.24, 2.45) is 11.7 Å². The quantitative estimate of drug-likeness (QED) is 0.871. The van der Waals surface area contributed by atoms with Crippen LogP contribution in [0.25, 0.3) is 0 Å². The van der Waals surface area contributed by atoms with E-state index >= 15 is 0 Å². The highest BCUT2D eigenvalue weighted by atomic mass is 19.4. The molecule has 114 valence electrons. The summed E-state index contributed by atoms with van der Waals surface area (Å²) in [4.78, 5) is 12.1. The summed E-state index contributed by atoms with van der Waals surface area (Å²) in [5, 5.41) is 2.58. The minimum atomic E-state index is -4.57. The first-order valence-corrected chi connectivity index (χ1v) is 6.74. The molecule has 2 aliphatic rings. The Bertz CT molecular complexity index is 561. The van der Waals surface area contributed by atoms with Gasteiger partial charge in [-0.1, -0.05) is 12.1 Å². The molecule has 1 saturated heterocycles. The molecule has 0 spiro atoms. The van der Waals surface area contributed by atoms with Gasteiger partial charge < -0.3 is 15.8 Å². The van der Waals surface area contributed by atoms with Gasteiger partial charge in [-0.25, -0.2) is 0 Å². The number of alkyl halides is 3. The van der Waals surface area contributed by atoms with Gasteiger partial charge in [-0.2, -0.15) is 13.2 Å². The van der Waals surface area contributed by atoms with E-state index in [9.17, 15) is 18.0 Å². The molecule has 1 heterocycles. The summed E-state index contributed by atoms with van der Waals surface area (Å²) in [7, 11) is 0. The standard InChI is InChI=1S/C14H15F3N2O2/c15-14(16,17)9-4-2-1-3-7(9)13(20)19-11-10(18)8-5-6-21-12(8)11/h1-4,8,10-12H,5-6,18H2,(H,19,20). The fraction of sp³-hybridized carbons (Fsp3) is 0.500. The number of ether oxygens (including phenoxy) is 1. The van der Waals surface area contributed by atoms with E-state index in [1.165, 1.54) is 12.1 Å². The van der Waals surface area contributed by atoms with E-state index in [0.717, 1.165) is 18.6 Å². The highest BCUT2D eigenvalue weighted by molar-refractivity contribution is 5.96. The number of rotatable bonds is 2. The fourth-order valence-corrected chi connectivity index (χ4v) is 3.09. The van der Waals surface area contributed by atoms with Crippen LogP contribution in [0.2, 0.25) is 0 Å². The van der Waals surface area contributed by atoms with Gasteiger partial charge in [-0.3, -0.25) is 4.79 Å². The van der Waals surface area contributed by atoms with E-state index < -0.39 is 29.3 Å². The van der Waals surface area contributed by atoms with Gasteiger partial charge in [0.1, 0.15) is 0 Å². The van der Waals surface area contributed by atoms with E-state index in [-0.39, 0.29) is 18.1 Å². The average molecular weight is 300 g/mol. The monoisotopic (exact) mass is 300 g/mol. The van der Waals surface area contributed by atoms with Crippen molar-refractivity contribution in [3.05, 3.63) is 35.4 Å². The summed E-state index contributed by atoms with van der Waals surface area (Å²) in [6.45, 7) is 0.578. The summed E-state index contributed by atoms with van der Waals surface area (Å²) in [6.07, 6.45) is -3.92. The Morgan fingerprint density at radius 1 is 1.33 bits per heavy atom. The van der Waals surface area contributed by atoms with Crippen molar-refractivity contribution in [2.75, 3.05) is 6.61 Å². The summed E-state index contributed by atoms with van der Waals surface area (Å²) >= 11 is 0. The van der Waals surface area contributed by atoms with Gasteiger partial charge in [-0.15, -0.1) is 0 Å². The van der Waals surface area contributed by atoms with Crippen molar-refractivity contribution in [3.63, 3.8) is 0 Å². The maximum atomic E-state index is 12.9. The predicted molar refractivity (Wildman–Crippen MR) is 68.5 cm³/mol. The molecule has 4 nitrogen and oxygen atoms in total. The van der Waals surface area contributed by atoms with E-state index in [4.69, 9.17) is 10.5 Å². The Kier molecular flexibility index (Phi) is 3.41. The van der Waals surface area contributed by atoms with Crippen LogP contribution in [0.15, 0.2) is 24.3 Å². The normalized spacial score (nSPS) is 31.4. The third-order valence-corrected chi connectivity index (χ3v) is 4.22. The number of amides is 1. The van der Waals surface area contributed by atoms with Gasteiger partial charge in [0.25, 0.3) is 5.91 Å². The summed E-state index contributed by atoms with van der Waals surface area (Å²) in [5.74, 6) is -0.578. The lowest BCUT2D eigenvalue weighted by atomic mass is 9.72. The van der Waals surface area contributed by atoms with Crippen molar-refractivity contribution in [3.8, 4) is 0 Å². The molecular formula is C14H15F3N2O2. The topological polar surface area (TPSA) is 64.3 Å². The zero-order valence-electron chi connectivity index (χ0n) is 11.1. The van der Waals surface area contributed by atoms with Crippen LogP contribution in [-0.2, 0) is 10.9 Å². The molecule has 1 aromatic rings. The van der Waals surface area contributed by atoms with Gasteiger partial charge in [0.05, 0.1) is 23.3 Å². The van der Waals surface area contributed by atoms with Gasteiger partial charge in [-0.05, 0) is 18.6 Å². The molecule has 7 heteroatoms. The number of nitrogens with one attached hydrogen (secondary N) is 1. The lowest BCUT2D eigenvalue weighted by Crippen LogP contribution is -2.69. The lowest BCUT2D eigenvalue weighted by molar-refractivity contribution is -0.138. The zero-order chi connectivity index (χ0) is 15.2. The van der Waals surface area contributed by atoms with Crippen molar-refractivity contribution in [2.45, 2.75) is 30.8 Å². The molecule has 3 N–H and O–H groups in total. The van der Waals surface area contributed by atoms with Crippen LogP contribution < -0.4 is 11.1 Å². The van der Waals surface area contributed by atoms with Crippen LogP contribution in [0, 0.1) is 5.92 Å². The summed E-state index contributed by atoms with van der Waals surface area (Å²) in [6, 6.07) is 4.02. The minimum absolute atomic E-state index is 0.179. The number of hydrogen-bond acceptors (Lipinski definition) is 3. The molecule has 3 rings (SSSR count). The number of halogens is 3. The van der Waals surface area contributed by atoms with Crippen molar-refractivity contribution in [1.29, 1.82) is 0 Å². The second kappa shape index (κ2) is 4.99. The number of carbonyl (C=O) groups excluding carboxylic acids is 1. The SMILES string of the molecule is NC1C2CCOC2C1NC(=O)c1ccccc1C(F)(F)F. The van der Waals surface area contributed by atoms with Crippen LogP contribution in [0.3, 0.4) is 0 Å². The van der Waals surface area contributed by atoms with Gasteiger partial charge in [0, 0.05) is 18.6 Å². The Labute approximate surface area is 119 Å². The molecule has 0 aromatic heterocycles. The van der Waals surface area contributed by atoms with E-state index in [1.54, 1.807) is 0 Å². The van der Waals surface area contributed by atoms with E-state index in [1.807, 2.05) is 0 Å². The first kappa shape index (κ1) is 14.3. The third-order valence-electron chi connectivity index (χ3n) is 4.22. The van der Waals surface area contributed by atoms with Crippen molar-refractivity contribution in [1.82, 2.24) is 5.32 Å². The number of hydrogen-bond donors (Lipinski definition) is 2. The maximum absolute atomic E-state index is 12.9. The maximum Gasteiger partial charge on any atom is 0.417 e. The summed E-state index contributed by atoms with van der Waals surface area (Å²) in [5.41, 5.74) is 4.61. The van der Waals surface area contributed by atoms with Gasteiger partial charge >= 0.3 is 6.18 Å². The molecule has 0 bridgehead atoms. The van der Waals surface area contributed by atoms with Crippen LogP contribution >= 0.6 is 0 Å². The van der Waals surface area contributed by atoms with Crippen molar-refractivity contribution < 1.29 is 22.7 Å². The minimum Gasteiger partial charge on any atom is -0.376 e. The molecule has 0 radical (unpaired) electrons. The molecule has 1 aliphatic heterocycles. The number of fused-ring (bicyclic) bond motifs is 1. The zero-order valence-corrected chi connectivity index (χ0v) is 11.1. The predicted octanol–water partition coefficient (Wildman–Crippen LogP) is 1.55. The molecule has 1 saturated carbocycles. The van der Waals surface area contributed by atoms with Gasteiger partial charge in [0.15, 0.2) is 0 Å². The number of nitrogens with two attached hydrogens (primary N) is 1. The highest BCUT2D eigenvalue weighted by Crippen LogP contribution is 2.38. The average Bonchev–Trinajstić information content (AvgIpc) is 2.88. The second-order valence-electron chi connectivity index (χ2n) is 5.41. The number of carbonyl (C=O) groups is 1. The van der Waals surface area contributed by atoms with Crippen LogP contribution in [-0.4, -0.2) is 30.7 Å². The van der Waals surface area contributed by atoms with Crippen molar-refractivity contribution >= 4 is 5.91 Å². The van der Waals surface area contributed by atoms with Gasteiger partial charge in [0.2, 0.25) is 0 Å². The van der Waals surface area contributed by atoms with Crippen LogP contribution in [0.4, 0.5) is 13.2 Å². The second-order valence-corrected chi connectivity index (χ2v) is 5.41. The molecule has 4 unspecified atom stereocenters. The summed E-state index contributed by atoms with van der Waals surface area (Å²) < 4.78 is 44.2. The molecule has 2 fully saturated rings. The highest BCUT2D eigenvalue weighted by Gasteiger charge is 2.53. The van der Waals surface area contributed by atoms with Crippen LogP contribution in [0.1, 0.15) is 22.3 Å². The molecule has 1 aliphatic carbocycles. The number of benzene rings is 1. The largest absolute Gasteiger partial charge is 0.417 e. The Hall–Kier alpha value is -1.60. The molecule has 1 amide bonds. The van der Waals surface area contributed by atoms with E-state index in [2.05, 4.69) is 5.32 Å². The molecule has 4 atom stereocenters. The van der Waals surface area contributed by atoms with Crippen LogP contribution in [0.5, 0.6) is 0 Å². The first-order chi connectivity index (χ1) is 9.89. The first-order valence-electron chi connectivity index (χ1n) is 6.74. The third kappa shape index (κ3) is 2.40. The molecular weight excluding hydrogens is 285 g/mol. The van der Waals surface area contributed by atoms with E-state index in [0.29, 0.717) is 6.61 Å². The molecule has 1 aromatic carbocycles. The lowest BCUT2D eigenvalue weighted by Gasteiger charge is -2.45. The Morgan fingerprint density at radius 2 is 2.05 bits per heavy atom. The fourth-order valence-electron chi connectivity index (χ4n) is 3.09. The Morgan fingerprint density at radius 3 is 2.76 bits per heavy atom. The Balaban J connectivity index is 1.78. The molecule has 21 heavy (non-hydrogen) atoms.